The lowest BCUT2D eigenvalue weighted by Gasteiger charge is -2.17. The molecule has 4 nitrogen and oxygen atoms in total. The second-order valence-electron chi connectivity index (χ2n) is 4.94. The highest BCUT2D eigenvalue weighted by molar-refractivity contribution is 5.80. The van der Waals surface area contributed by atoms with E-state index in [9.17, 15) is 4.79 Å². The van der Waals surface area contributed by atoms with Crippen LogP contribution in [0.1, 0.15) is 26.3 Å². The number of ether oxygens (including phenoxy) is 1. The maximum atomic E-state index is 11.8. The van der Waals surface area contributed by atoms with Crippen molar-refractivity contribution in [3.8, 4) is 5.75 Å². The minimum absolute atomic E-state index is 0.142. The number of nitrogens with one attached hydrogen (secondary N) is 2. The van der Waals surface area contributed by atoms with Gasteiger partial charge in [0.05, 0.1) is 0 Å². The van der Waals surface area contributed by atoms with Crippen molar-refractivity contribution in [3.05, 3.63) is 42.5 Å². The zero-order chi connectivity index (χ0) is 15.0. The second kappa shape index (κ2) is 8.38. The molecule has 1 aromatic rings. The molecule has 1 aromatic carbocycles. The fourth-order valence-electron chi connectivity index (χ4n) is 1.64. The fraction of sp³-hybridized carbons (Fsp3) is 0.438. The van der Waals surface area contributed by atoms with E-state index in [-0.39, 0.29) is 5.91 Å². The van der Waals surface area contributed by atoms with Gasteiger partial charge >= 0.3 is 0 Å². The van der Waals surface area contributed by atoms with Gasteiger partial charge < -0.3 is 15.4 Å². The van der Waals surface area contributed by atoms with E-state index in [4.69, 9.17) is 4.74 Å². The van der Waals surface area contributed by atoms with Gasteiger partial charge in [-0.1, -0.05) is 38.1 Å². The number of carbonyl (C=O) groups is 1. The first-order chi connectivity index (χ1) is 9.54. The predicted octanol–water partition coefficient (Wildman–Crippen LogP) is 2.25. The first-order valence-corrected chi connectivity index (χ1v) is 6.91. The van der Waals surface area contributed by atoms with Crippen LogP contribution in [-0.2, 0) is 11.3 Å². The zero-order valence-corrected chi connectivity index (χ0v) is 12.5. The first kappa shape index (κ1) is 16.2. The lowest BCUT2D eigenvalue weighted by molar-refractivity contribution is -0.127. The molecule has 0 aromatic heterocycles. The van der Waals surface area contributed by atoms with Crippen LogP contribution >= 0.6 is 0 Å². The van der Waals surface area contributed by atoms with E-state index in [0.717, 1.165) is 17.9 Å². The Morgan fingerprint density at radius 2 is 2.05 bits per heavy atom. The molecule has 1 rings (SSSR count). The highest BCUT2D eigenvalue weighted by atomic mass is 16.5. The standard InChI is InChI=1S/C16H24N2O2/c1-5-10-17-16(19)13(4)20-15-9-7-6-8-14(15)11-18-12(2)3/h5-9,12-13,18H,1,10-11H2,2-4H3,(H,17,19). The van der Waals surface area contributed by atoms with Crippen molar-refractivity contribution in [2.75, 3.05) is 6.54 Å². The summed E-state index contributed by atoms with van der Waals surface area (Å²) < 4.78 is 5.75. The smallest absolute Gasteiger partial charge is 0.261 e. The number of amides is 1. The van der Waals surface area contributed by atoms with Gasteiger partial charge in [0.25, 0.3) is 5.91 Å². The minimum Gasteiger partial charge on any atom is -0.481 e. The van der Waals surface area contributed by atoms with Crippen LogP contribution in [0.25, 0.3) is 0 Å². The van der Waals surface area contributed by atoms with E-state index in [1.807, 2.05) is 24.3 Å². The van der Waals surface area contributed by atoms with Crippen LogP contribution in [-0.4, -0.2) is 24.6 Å². The van der Waals surface area contributed by atoms with Crippen molar-refractivity contribution in [3.63, 3.8) is 0 Å². The van der Waals surface area contributed by atoms with Crippen LogP contribution < -0.4 is 15.4 Å². The molecule has 110 valence electrons. The molecule has 0 spiro atoms. The quantitative estimate of drug-likeness (QED) is 0.716. The summed E-state index contributed by atoms with van der Waals surface area (Å²) in [5, 5.41) is 6.07. The molecular weight excluding hydrogens is 252 g/mol. The highest BCUT2D eigenvalue weighted by Gasteiger charge is 2.15. The fourth-order valence-corrected chi connectivity index (χ4v) is 1.64. The maximum Gasteiger partial charge on any atom is 0.261 e. The van der Waals surface area contributed by atoms with Gasteiger partial charge in [-0.2, -0.15) is 0 Å². The van der Waals surface area contributed by atoms with Crippen LogP contribution in [0.5, 0.6) is 5.75 Å². The molecule has 20 heavy (non-hydrogen) atoms. The van der Waals surface area contributed by atoms with Gasteiger partial charge in [-0.15, -0.1) is 6.58 Å². The van der Waals surface area contributed by atoms with Gasteiger partial charge in [0.15, 0.2) is 6.10 Å². The number of hydrogen-bond acceptors (Lipinski definition) is 3. The average Bonchev–Trinajstić information content (AvgIpc) is 2.43. The van der Waals surface area contributed by atoms with E-state index in [1.54, 1.807) is 13.0 Å². The Morgan fingerprint density at radius 3 is 2.70 bits per heavy atom. The van der Waals surface area contributed by atoms with E-state index < -0.39 is 6.10 Å². The van der Waals surface area contributed by atoms with Crippen molar-refractivity contribution in [2.45, 2.75) is 39.5 Å². The molecule has 0 radical (unpaired) electrons. The Kier molecular flexibility index (Phi) is 6.81. The molecule has 0 aliphatic heterocycles. The summed E-state index contributed by atoms with van der Waals surface area (Å²) in [5.74, 6) is 0.596. The van der Waals surface area contributed by atoms with Crippen molar-refractivity contribution in [1.29, 1.82) is 0 Å². The average molecular weight is 276 g/mol. The van der Waals surface area contributed by atoms with E-state index in [2.05, 4.69) is 31.1 Å². The number of rotatable bonds is 8. The number of hydrogen-bond donors (Lipinski definition) is 2. The van der Waals surface area contributed by atoms with Crippen LogP contribution in [0, 0.1) is 0 Å². The van der Waals surface area contributed by atoms with Crippen molar-refractivity contribution < 1.29 is 9.53 Å². The molecule has 0 fully saturated rings. The lowest BCUT2D eigenvalue weighted by atomic mass is 10.2. The predicted molar refractivity (Wildman–Crippen MR) is 81.7 cm³/mol. The van der Waals surface area contributed by atoms with Gasteiger partial charge in [0.1, 0.15) is 5.75 Å². The molecule has 0 saturated heterocycles. The second-order valence-corrected chi connectivity index (χ2v) is 4.94. The maximum absolute atomic E-state index is 11.8. The third kappa shape index (κ3) is 5.45. The normalized spacial score (nSPS) is 12.0. The Hall–Kier alpha value is -1.81. The molecule has 0 aliphatic carbocycles. The van der Waals surface area contributed by atoms with Crippen molar-refractivity contribution in [1.82, 2.24) is 10.6 Å². The summed E-state index contributed by atoms with van der Waals surface area (Å²) in [6.45, 7) is 10.7. The molecule has 0 heterocycles. The summed E-state index contributed by atoms with van der Waals surface area (Å²) in [6, 6.07) is 8.15. The van der Waals surface area contributed by atoms with E-state index in [0.29, 0.717) is 12.6 Å². The highest BCUT2D eigenvalue weighted by Crippen LogP contribution is 2.19. The van der Waals surface area contributed by atoms with Crippen LogP contribution in [0.3, 0.4) is 0 Å². The van der Waals surface area contributed by atoms with Crippen LogP contribution in [0.2, 0.25) is 0 Å². The van der Waals surface area contributed by atoms with Gasteiger partial charge in [0.2, 0.25) is 0 Å². The molecule has 1 atom stereocenters. The molecule has 0 aliphatic rings. The van der Waals surface area contributed by atoms with Crippen LogP contribution in [0.4, 0.5) is 0 Å². The van der Waals surface area contributed by atoms with Crippen LogP contribution in [0.15, 0.2) is 36.9 Å². The Bertz CT molecular complexity index is 444. The Morgan fingerprint density at radius 1 is 1.35 bits per heavy atom. The summed E-state index contributed by atoms with van der Waals surface area (Å²) in [4.78, 5) is 11.8. The number of para-hydroxylation sites is 1. The molecule has 2 N–H and O–H groups in total. The van der Waals surface area contributed by atoms with E-state index in [1.165, 1.54) is 0 Å². The molecule has 1 amide bonds. The lowest BCUT2D eigenvalue weighted by Crippen LogP contribution is -2.36. The van der Waals surface area contributed by atoms with E-state index >= 15 is 0 Å². The third-order valence-electron chi connectivity index (χ3n) is 2.77. The van der Waals surface area contributed by atoms with Gasteiger partial charge in [-0.25, -0.2) is 0 Å². The number of benzene rings is 1. The first-order valence-electron chi connectivity index (χ1n) is 6.91. The summed E-state index contributed by atoms with van der Waals surface area (Å²) in [7, 11) is 0. The molecule has 1 unspecified atom stereocenters. The molecule has 4 heteroatoms. The SMILES string of the molecule is C=CCNC(=O)C(C)Oc1ccccc1CNC(C)C. The molecule has 0 bridgehead atoms. The molecular formula is C16H24N2O2. The topological polar surface area (TPSA) is 50.4 Å². The monoisotopic (exact) mass is 276 g/mol. The third-order valence-corrected chi connectivity index (χ3v) is 2.77. The molecule has 0 saturated carbocycles. The Labute approximate surface area is 121 Å². The number of carbonyl (C=O) groups excluding carboxylic acids is 1. The van der Waals surface area contributed by atoms with Crippen molar-refractivity contribution >= 4 is 5.91 Å². The summed E-state index contributed by atoms with van der Waals surface area (Å²) in [6.07, 6.45) is 1.11. The zero-order valence-electron chi connectivity index (χ0n) is 12.5. The minimum atomic E-state index is -0.532. The van der Waals surface area contributed by atoms with Gasteiger partial charge in [-0.05, 0) is 13.0 Å². The van der Waals surface area contributed by atoms with Gasteiger partial charge in [-0.3, -0.25) is 4.79 Å². The van der Waals surface area contributed by atoms with Gasteiger partial charge in [0, 0.05) is 24.7 Å². The summed E-state index contributed by atoms with van der Waals surface area (Å²) >= 11 is 0. The van der Waals surface area contributed by atoms with Crippen molar-refractivity contribution in [2.24, 2.45) is 0 Å². The summed E-state index contributed by atoms with van der Waals surface area (Å²) in [5.41, 5.74) is 1.05. The Balaban J connectivity index is 2.66. The largest absolute Gasteiger partial charge is 0.481 e.